The second kappa shape index (κ2) is 22.6. The first kappa shape index (κ1) is 48.2. The van der Waals surface area contributed by atoms with Crippen molar-refractivity contribution in [2.24, 2.45) is 20.5 Å². The second-order valence-electron chi connectivity index (χ2n) is 16.4. The van der Waals surface area contributed by atoms with Gasteiger partial charge in [-0.05, 0) is 93.6 Å². The van der Waals surface area contributed by atoms with Crippen LogP contribution in [0.4, 0.5) is 34.1 Å². The minimum atomic E-state index is -3.82. The van der Waals surface area contributed by atoms with E-state index in [1.807, 2.05) is 42.5 Å². The minimum absolute atomic E-state index is 0.147. The fourth-order valence-electron chi connectivity index (χ4n) is 8.35. The van der Waals surface area contributed by atoms with E-state index >= 15 is 0 Å². The van der Waals surface area contributed by atoms with Crippen molar-refractivity contribution in [2.45, 2.75) is 88.6 Å². The molecule has 5 aromatic rings. The Kier molecular flexibility index (Phi) is 16.8. The molecule has 0 saturated heterocycles. The number of hydrogen-bond donors (Lipinski definition) is 0. The van der Waals surface area contributed by atoms with Gasteiger partial charge in [-0.1, -0.05) is 88.6 Å². The number of carbonyl (C=O) groups is 2. The van der Waals surface area contributed by atoms with E-state index in [0.29, 0.717) is 69.0 Å². The molecular formula is C51H61N7O6S. The highest BCUT2D eigenvalue weighted by Crippen LogP contribution is 2.48. The summed E-state index contributed by atoms with van der Waals surface area (Å²) in [6.07, 6.45) is 10.2. The fraction of sp³-hybridized carbons (Fsp3) is 0.373. The van der Waals surface area contributed by atoms with E-state index in [1.165, 1.54) is 15.7 Å². The van der Waals surface area contributed by atoms with Crippen LogP contribution in [0.3, 0.4) is 0 Å². The Morgan fingerprint density at radius 3 is 1.65 bits per heavy atom. The largest absolute Gasteiger partial charge is 0.463 e. The lowest BCUT2D eigenvalue weighted by atomic mass is 9.93. The lowest BCUT2D eigenvalue weighted by Crippen LogP contribution is -2.58. The van der Waals surface area contributed by atoms with Gasteiger partial charge >= 0.3 is 11.9 Å². The van der Waals surface area contributed by atoms with E-state index in [-0.39, 0.29) is 10.6 Å². The van der Waals surface area contributed by atoms with Gasteiger partial charge in [0.05, 0.1) is 40.9 Å². The minimum Gasteiger partial charge on any atom is -0.463 e. The molecular weight excluding hydrogens is 839 g/mol. The molecule has 5 aromatic carbocycles. The predicted octanol–water partition coefficient (Wildman–Crippen LogP) is 12.8. The standard InChI is InChI=1S/C51H61N7O6S/c1-7-33-51(4)56(5)46-24-20-23-42-45(31-32-47(50(42)46)57(51)6)55-54-44-30-29-43(40-21-14-15-22-41(40)44)53-52-38-25-27-39(28-26-38)65(61,62)58(34-16-10-12-18-36-63-48(59)8-2)35-17-11-13-19-37-64-49(60)9-3/h8-9,14-15,20-32H,2-3,7,10-13,16-19,33-37H2,1,4-6H3/b53-52+,55-54+. The van der Waals surface area contributed by atoms with E-state index < -0.39 is 22.0 Å². The van der Waals surface area contributed by atoms with Crippen molar-refractivity contribution in [3.8, 4) is 0 Å². The van der Waals surface area contributed by atoms with Crippen molar-refractivity contribution >= 4 is 77.6 Å². The number of azo groups is 2. The highest BCUT2D eigenvalue weighted by Gasteiger charge is 2.39. The molecule has 1 aliphatic rings. The zero-order valence-electron chi connectivity index (χ0n) is 38.1. The summed E-state index contributed by atoms with van der Waals surface area (Å²) in [5.41, 5.74) is 4.85. The van der Waals surface area contributed by atoms with Crippen molar-refractivity contribution in [1.82, 2.24) is 4.31 Å². The molecule has 0 radical (unpaired) electrons. The molecule has 0 aliphatic carbocycles. The van der Waals surface area contributed by atoms with Crippen LogP contribution in [0.25, 0.3) is 21.5 Å². The summed E-state index contributed by atoms with van der Waals surface area (Å²) < 4.78 is 39.6. The maximum Gasteiger partial charge on any atom is 0.330 e. The van der Waals surface area contributed by atoms with Crippen LogP contribution in [-0.2, 0) is 29.1 Å². The molecule has 1 atom stereocenters. The molecule has 1 aliphatic heterocycles. The van der Waals surface area contributed by atoms with E-state index in [4.69, 9.17) is 19.7 Å². The Morgan fingerprint density at radius 1 is 0.631 bits per heavy atom. The molecule has 6 rings (SSSR count). The Labute approximate surface area is 383 Å². The maximum absolute atomic E-state index is 14.0. The van der Waals surface area contributed by atoms with Crippen LogP contribution in [0.1, 0.15) is 78.1 Å². The third kappa shape index (κ3) is 11.5. The van der Waals surface area contributed by atoms with Gasteiger partial charge in [0.25, 0.3) is 0 Å². The first-order chi connectivity index (χ1) is 31.4. The van der Waals surface area contributed by atoms with E-state index in [2.05, 4.69) is 85.4 Å². The van der Waals surface area contributed by atoms with Crippen LogP contribution in [0.2, 0.25) is 0 Å². The Bertz CT molecular complexity index is 2600. The quantitative estimate of drug-likeness (QED) is 0.0257. The van der Waals surface area contributed by atoms with Crippen molar-refractivity contribution < 1.29 is 27.5 Å². The third-order valence-electron chi connectivity index (χ3n) is 12.2. The van der Waals surface area contributed by atoms with Crippen LogP contribution in [0.5, 0.6) is 0 Å². The maximum atomic E-state index is 14.0. The van der Waals surface area contributed by atoms with Crippen LogP contribution in [0.15, 0.2) is 142 Å². The van der Waals surface area contributed by atoms with E-state index in [1.54, 1.807) is 24.3 Å². The number of unbranched alkanes of at least 4 members (excludes halogenated alkanes) is 6. The molecule has 65 heavy (non-hydrogen) atoms. The van der Waals surface area contributed by atoms with Gasteiger partial charge < -0.3 is 19.3 Å². The van der Waals surface area contributed by atoms with Crippen LogP contribution < -0.4 is 9.80 Å². The number of anilines is 2. The average molecular weight is 900 g/mol. The lowest BCUT2D eigenvalue weighted by molar-refractivity contribution is -0.138. The SMILES string of the molecule is C=CC(=O)OCCCCCCN(CCCCCCOC(=O)C=C)S(=O)(=O)c1ccc(/N=N/c2ccc(/N=N/c3ccc4c5c(cccc35)N(C)C(C)(CCC)N4C)c3ccccc23)cc1. The van der Waals surface area contributed by atoms with Gasteiger partial charge in [-0.2, -0.15) is 9.42 Å². The molecule has 1 unspecified atom stereocenters. The van der Waals surface area contributed by atoms with Gasteiger partial charge in [-0.3, -0.25) is 0 Å². The zero-order chi connectivity index (χ0) is 46.4. The molecule has 0 amide bonds. The fourth-order valence-corrected chi connectivity index (χ4v) is 9.87. The topological polar surface area (TPSA) is 146 Å². The van der Waals surface area contributed by atoms with Crippen molar-refractivity contribution in [2.75, 3.05) is 50.2 Å². The molecule has 1 heterocycles. The molecule has 0 N–H and O–H groups in total. The Hall–Kier alpha value is -6.25. The number of fused-ring (bicyclic) bond motifs is 1. The summed E-state index contributed by atoms with van der Waals surface area (Å²) in [7, 11) is 0.517. The number of hydrogen-bond acceptors (Lipinski definition) is 12. The smallest absolute Gasteiger partial charge is 0.330 e. The molecule has 0 fully saturated rings. The van der Waals surface area contributed by atoms with Gasteiger partial charge in [0.15, 0.2) is 0 Å². The molecule has 0 spiro atoms. The predicted molar refractivity (Wildman–Crippen MR) is 261 cm³/mol. The number of nitrogens with zero attached hydrogens (tertiary/aromatic N) is 7. The second-order valence-corrected chi connectivity index (χ2v) is 18.3. The summed E-state index contributed by atoms with van der Waals surface area (Å²) in [6, 6.07) is 28.7. The van der Waals surface area contributed by atoms with Crippen LogP contribution in [0, 0.1) is 0 Å². The van der Waals surface area contributed by atoms with Gasteiger partial charge in [0.2, 0.25) is 10.0 Å². The van der Waals surface area contributed by atoms with Crippen LogP contribution in [-0.4, -0.2) is 70.7 Å². The number of sulfonamides is 1. The summed E-state index contributed by atoms with van der Waals surface area (Å²) in [6.45, 7) is 12.6. The number of benzene rings is 5. The summed E-state index contributed by atoms with van der Waals surface area (Å²) >= 11 is 0. The Morgan fingerprint density at radius 2 is 1.11 bits per heavy atom. The summed E-state index contributed by atoms with van der Waals surface area (Å²) in [5, 5.41) is 22.6. The lowest BCUT2D eigenvalue weighted by Gasteiger charge is -2.52. The van der Waals surface area contributed by atoms with E-state index in [9.17, 15) is 18.0 Å². The van der Waals surface area contributed by atoms with Crippen molar-refractivity contribution in [3.05, 3.63) is 116 Å². The number of carbonyl (C=O) groups excluding carboxylic acids is 2. The molecule has 14 heteroatoms. The van der Waals surface area contributed by atoms with E-state index in [0.717, 1.165) is 77.9 Å². The zero-order valence-corrected chi connectivity index (χ0v) is 38.9. The van der Waals surface area contributed by atoms with Crippen LogP contribution >= 0.6 is 0 Å². The molecule has 342 valence electrons. The Balaban J connectivity index is 1.14. The normalized spacial score (nSPS) is 15.1. The van der Waals surface area contributed by atoms with Crippen molar-refractivity contribution in [3.63, 3.8) is 0 Å². The number of esters is 2. The van der Waals surface area contributed by atoms with Gasteiger partial charge in [-0.15, -0.1) is 15.3 Å². The van der Waals surface area contributed by atoms with Crippen molar-refractivity contribution in [1.29, 1.82) is 0 Å². The molecule has 0 bridgehead atoms. The first-order valence-electron chi connectivity index (χ1n) is 22.5. The number of rotatable bonds is 24. The van der Waals surface area contributed by atoms with Gasteiger partial charge in [0, 0.05) is 72.3 Å². The van der Waals surface area contributed by atoms with Gasteiger partial charge in [0.1, 0.15) is 5.66 Å². The highest BCUT2D eigenvalue weighted by atomic mass is 32.2. The van der Waals surface area contributed by atoms with Gasteiger partial charge in [-0.25, -0.2) is 18.0 Å². The first-order valence-corrected chi connectivity index (χ1v) is 23.9. The summed E-state index contributed by atoms with van der Waals surface area (Å²) in [5.74, 6) is -0.903. The summed E-state index contributed by atoms with van der Waals surface area (Å²) in [4.78, 5) is 27.6. The third-order valence-corrected chi connectivity index (χ3v) is 14.1. The monoisotopic (exact) mass is 899 g/mol. The molecule has 0 aromatic heterocycles. The molecule has 0 saturated carbocycles. The highest BCUT2D eigenvalue weighted by molar-refractivity contribution is 7.89. The number of ether oxygens (including phenoxy) is 2. The molecule has 13 nitrogen and oxygen atoms in total. The average Bonchev–Trinajstić information content (AvgIpc) is 3.32.